The van der Waals surface area contributed by atoms with Gasteiger partial charge in [0.2, 0.25) is 0 Å². The van der Waals surface area contributed by atoms with Gasteiger partial charge in [-0.3, -0.25) is 4.98 Å². The molecular weight excluding hydrogens is 456 g/mol. The van der Waals surface area contributed by atoms with Gasteiger partial charge < -0.3 is 9.84 Å². The molecule has 12 heteroatoms. The SMILES string of the molecule is N#Cc1ccc(Oc2ccc(C(O)(Cn3cnnn3)C(F)(F)c3ccc(F)cc3F)nc2)cc1. The number of halogens is 4. The van der Waals surface area contributed by atoms with Crippen LogP contribution in [0.15, 0.2) is 67.1 Å². The predicted octanol–water partition coefficient (Wildman–Crippen LogP) is 3.69. The Kier molecular flexibility index (Phi) is 5.95. The van der Waals surface area contributed by atoms with E-state index in [-0.39, 0.29) is 5.75 Å². The maximum absolute atomic E-state index is 15.6. The number of aromatic nitrogens is 5. The summed E-state index contributed by atoms with van der Waals surface area (Å²) in [6.45, 7) is -0.896. The van der Waals surface area contributed by atoms with Crippen molar-refractivity contribution in [2.24, 2.45) is 0 Å². The van der Waals surface area contributed by atoms with E-state index < -0.39 is 41.0 Å². The number of aliphatic hydroxyl groups is 1. The first-order chi connectivity index (χ1) is 16.2. The lowest BCUT2D eigenvalue weighted by atomic mass is 9.86. The van der Waals surface area contributed by atoms with Gasteiger partial charge in [0.05, 0.1) is 35.6 Å². The Hall–Kier alpha value is -4.37. The molecule has 0 fully saturated rings. The summed E-state index contributed by atoms with van der Waals surface area (Å²) in [6, 6.07) is 12.0. The molecule has 8 nitrogen and oxygen atoms in total. The molecule has 1 unspecified atom stereocenters. The maximum Gasteiger partial charge on any atom is 0.311 e. The van der Waals surface area contributed by atoms with Gasteiger partial charge in [-0.05, 0) is 59.0 Å². The van der Waals surface area contributed by atoms with E-state index >= 15 is 8.78 Å². The molecule has 0 aliphatic rings. The van der Waals surface area contributed by atoms with Crippen LogP contribution >= 0.6 is 0 Å². The quantitative estimate of drug-likeness (QED) is 0.410. The highest BCUT2D eigenvalue weighted by Gasteiger charge is 2.58. The lowest BCUT2D eigenvalue weighted by Gasteiger charge is -2.35. The monoisotopic (exact) mass is 470 g/mol. The summed E-state index contributed by atoms with van der Waals surface area (Å²) in [7, 11) is 0. The van der Waals surface area contributed by atoms with Crippen LogP contribution < -0.4 is 4.74 Å². The number of nitrogens with zero attached hydrogens (tertiary/aromatic N) is 6. The highest BCUT2D eigenvalue weighted by molar-refractivity contribution is 5.38. The minimum atomic E-state index is -4.28. The molecule has 0 aliphatic heterocycles. The van der Waals surface area contributed by atoms with Gasteiger partial charge in [-0.1, -0.05) is 0 Å². The number of hydrogen-bond acceptors (Lipinski definition) is 7. The van der Waals surface area contributed by atoms with Gasteiger partial charge in [-0.25, -0.2) is 13.5 Å². The molecule has 34 heavy (non-hydrogen) atoms. The Morgan fingerprint density at radius 1 is 1.03 bits per heavy atom. The van der Waals surface area contributed by atoms with Crippen LogP contribution in [-0.2, 0) is 18.1 Å². The van der Waals surface area contributed by atoms with E-state index in [0.29, 0.717) is 29.5 Å². The zero-order valence-electron chi connectivity index (χ0n) is 17.1. The van der Waals surface area contributed by atoms with Crippen molar-refractivity contribution in [2.75, 3.05) is 0 Å². The average molecular weight is 470 g/mol. The van der Waals surface area contributed by atoms with Crippen molar-refractivity contribution in [3.8, 4) is 17.6 Å². The summed E-state index contributed by atoms with van der Waals surface area (Å²) in [5, 5.41) is 30.3. The van der Waals surface area contributed by atoms with Crippen molar-refractivity contribution >= 4 is 0 Å². The van der Waals surface area contributed by atoms with Crippen molar-refractivity contribution in [1.82, 2.24) is 25.2 Å². The Labute approximate surface area is 189 Å². The number of alkyl halides is 2. The second-order valence-electron chi connectivity index (χ2n) is 7.18. The lowest BCUT2D eigenvalue weighted by molar-refractivity contribution is -0.207. The first kappa shape index (κ1) is 22.8. The summed E-state index contributed by atoms with van der Waals surface area (Å²) < 4.78 is 65.2. The molecule has 0 saturated heterocycles. The van der Waals surface area contributed by atoms with Crippen LogP contribution in [0.3, 0.4) is 0 Å². The molecule has 0 saturated carbocycles. The third-order valence-electron chi connectivity index (χ3n) is 4.95. The highest BCUT2D eigenvalue weighted by atomic mass is 19.3. The molecule has 2 aromatic heterocycles. The van der Waals surface area contributed by atoms with Crippen molar-refractivity contribution in [3.63, 3.8) is 0 Å². The van der Waals surface area contributed by atoms with Crippen LogP contribution in [-0.4, -0.2) is 30.3 Å². The summed E-state index contributed by atoms with van der Waals surface area (Å²) in [5.41, 5.74) is -4.48. The third-order valence-corrected chi connectivity index (χ3v) is 4.95. The van der Waals surface area contributed by atoms with Gasteiger partial charge in [-0.2, -0.15) is 14.0 Å². The second kappa shape index (κ2) is 8.87. The maximum atomic E-state index is 15.6. The minimum absolute atomic E-state index is 0.148. The van der Waals surface area contributed by atoms with E-state index in [1.807, 2.05) is 6.07 Å². The fourth-order valence-corrected chi connectivity index (χ4v) is 3.21. The van der Waals surface area contributed by atoms with Crippen LogP contribution in [0.1, 0.15) is 16.8 Å². The fourth-order valence-electron chi connectivity index (χ4n) is 3.21. The standard InChI is InChI=1S/C22H14F4N6O2/c23-15-3-7-18(19(24)9-15)22(25,26)21(33,12-32-13-29-30-31-32)20-8-6-17(11-28-20)34-16-4-1-14(10-27)2-5-16/h1-9,11,13,33H,12H2. The smallest absolute Gasteiger partial charge is 0.311 e. The van der Waals surface area contributed by atoms with Crippen LogP contribution in [0.5, 0.6) is 11.5 Å². The van der Waals surface area contributed by atoms with E-state index in [2.05, 4.69) is 20.5 Å². The topological polar surface area (TPSA) is 110 Å². The first-order valence-electron chi connectivity index (χ1n) is 9.64. The molecule has 1 N–H and O–H groups in total. The van der Waals surface area contributed by atoms with E-state index in [1.165, 1.54) is 30.3 Å². The zero-order chi connectivity index (χ0) is 24.3. The normalized spacial score (nSPS) is 13.2. The number of pyridine rings is 1. The molecule has 4 rings (SSSR count). The van der Waals surface area contributed by atoms with Crippen LogP contribution in [0, 0.1) is 23.0 Å². The number of nitriles is 1. The Morgan fingerprint density at radius 2 is 1.76 bits per heavy atom. The zero-order valence-corrected chi connectivity index (χ0v) is 17.1. The number of ether oxygens (including phenoxy) is 1. The molecule has 172 valence electrons. The van der Waals surface area contributed by atoms with E-state index in [1.54, 1.807) is 0 Å². The lowest BCUT2D eigenvalue weighted by Crippen LogP contribution is -2.48. The molecule has 0 radical (unpaired) electrons. The van der Waals surface area contributed by atoms with Crippen LogP contribution in [0.4, 0.5) is 17.6 Å². The summed E-state index contributed by atoms with van der Waals surface area (Å²) in [4.78, 5) is 3.91. The van der Waals surface area contributed by atoms with Gasteiger partial charge in [-0.15, -0.1) is 5.10 Å². The van der Waals surface area contributed by atoms with Crippen molar-refractivity contribution in [2.45, 2.75) is 18.1 Å². The third kappa shape index (κ3) is 4.28. The Balaban J connectivity index is 1.71. The Bertz CT molecular complexity index is 1330. The number of rotatable bonds is 7. The second-order valence-corrected chi connectivity index (χ2v) is 7.18. The minimum Gasteiger partial charge on any atom is -0.456 e. The number of hydrogen-bond donors (Lipinski definition) is 1. The van der Waals surface area contributed by atoms with E-state index in [4.69, 9.17) is 10.00 Å². The molecule has 0 aliphatic carbocycles. The molecule has 4 aromatic rings. The van der Waals surface area contributed by atoms with Crippen LogP contribution in [0.25, 0.3) is 0 Å². The predicted molar refractivity (Wildman–Crippen MR) is 107 cm³/mol. The van der Waals surface area contributed by atoms with Gasteiger partial charge in [0.25, 0.3) is 0 Å². The number of benzene rings is 2. The van der Waals surface area contributed by atoms with Gasteiger partial charge in [0.15, 0.2) is 5.60 Å². The fraction of sp³-hybridized carbons (Fsp3) is 0.136. The van der Waals surface area contributed by atoms with Crippen molar-refractivity contribution < 1.29 is 27.4 Å². The van der Waals surface area contributed by atoms with Crippen molar-refractivity contribution in [3.05, 3.63) is 95.6 Å². The van der Waals surface area contributed by atoms with Gasteiger partial charge in [0.1, 0.15) is 29.5 Å². The number of tetrazole rings is 1. The highest BCUT2D eigenvalue weighted by Crippen LogP contribution is 2.47. The summed E-state index contributed by atoms with van der Waals surface area (Å²) >= 11 is 0. The molecule has 1 atom stereocenters. The average Bonchev–Trinajstić information content (AvgIpc) is 3.32. The molecule has 0 spiro atoms. The van der Waals surface area contributed by atoms with Crippen molar-refractivity contribution in [1.29, 1.82) is 5.26 Å². The summed E-state index contributed by atoms with van der Waals surface area (Å²) in [6.07, 6.45) is 2.08. The summed E-state index contributed by atoms with van der Waals surface area (Å²) in [5.74, 6) is -6.37. The Morgan fingerprint density at radius 3 is 2.35 bits per heavy atom. The van der Waals surface area contributed by atoms with Gasteiger partial charge >= 0.3 is 5.92 Å². The van der Waals surface area contributed by atoms with E-state index in [9.17, 15) is 13.9 Å². The van der Waals surface area contributed by atoms with Crippen LogP contribution in [0.2, 0.25) is 0 Å². The molecule has 0 bridgehead atoms. The molecule has 0 amide bonds. The van der Waals surface area contributed by atoms with E-state index in [0.717, 1.165) is 23.3 Å². The van der Waals surface area contributed by atoms with Gasteiger partial charge in [0, 0.05) is 6.07 Å². The first-order valence-corrected chi connectivity index (χ1v) is 9.64. The molecular formula is C22H14F4N6O2. The molecule has 2 heterocycles. The largest absolute Gasteiger partial charge is 0.456 e. The molecule has 2 aromatic carbocycles.